The van der Waals surface area contributed by atoms with Crippen LogP contribution in [0.3, 0.4) is 0 Å². The fourth-order valence-corrected chi connectivity index (χ4v) is 2.91. The lowest BCUT2D eigenvalue weighted by molar-refractivity contribution is 0.362. The van der Waals surface area contributed by atoms with Crippen molar-refractivity contribution >= 4 is 11.8 Å². The van der Waals surface area contributed by atoms with Crippen LogP contribution in [0.4, 0.5) is 0 Å². The molecule has 1 aromatic heterocycles. The van der Waals surface area contributed by atoms with Gasteiger partial charge >= 0.3 is 0 Å². The molecule has 2 rings (SSSR count). The first kappa shape index (κ1) is 12.6. The number of likely N-dealkylation sites (tertiary alicyclic amines) is 1. The third-order valence-electron chi connectivity index (χ3n) is 2.98. The molecule has 17 heavy (non-hydrogen) atoms. The Morgan fingerprint density at radius 3 is 2.94 bits per heavy atom. The quantitative estimate of drug-likeness (QED) is 0.638. The molecule has 0 amide bonds. The van der Waals surface area contributed by atoms with Gasteiger partial charge in [-0.2, -0.15) is 0 Å². The van der Waals surface area contributed by atoms with Crippen molar-refractivity contribution in [1.82, 2.24) is 14.9 Å². The van der Waals surface area contributed by atoms with Gasteiger partial charge in [-0.15, -0.1) is 0 Å². The summed E-state index contributed by atoms with van der Waals surface area (Å²) in [6.45, 7) is 5.55. The van der Waals surface area contributed by atoms with Crippen molar-refractivity contribution in [2.75, 3.05) is 25.4 Å². The Morgan fingerprint density at radius 1 is 1.47 bits per heavy atom. The minimum Gasteiger partial charge on any atom is -0.303 e. The van der Waals surface area contributed by atoms with Crippen molar-refractivity contribution < 1.29 is 0 Å². The summed E-state index contributed by atoms with van der Waals surface area (Å²) in [6, 6.07) is 1.57. The molecule has 0 saturated carbocycles. The molecule has 0 bridgehead atoms. The first-order valence-electron chi connectivity index (χ1n) is 6.23. The van der Waals surface area contributed by atoms with Crippen LogP contribution in [0, 0.1) is 0 Å². The topological polar surface area (TPSA) is 49.0 Å². The normalized spacial score (nSPS) is 16.5. The second-order valence-electron chi connectivity index (χ2n) is 4.29. The van der Waals surface area contributed by atoms with Crippen LogP contribution in [0.25, 0.3) is 0 Å². The van der Waals surface area contributed by atoms with E-state index < -0.39 is 0 Å². The van der Waals surface area contributed by atoms with Gasteiger partial charge in [0.05, 0.1) is 0 Å². The van der Waals surface area contributed by atoms with Gasteiger partial charge in [-0.3, -0.25) is 4.79 Å². The number of H-pyrrole nitrogens is 1. The fraction of sp³-hybridized carbons (Fsp3) is 0.667. The summed E-state index contributed by atoms with van der Waals surface area (Å²) in [5.74, 6) is 0.996. The molecule has 0 aromatic carbocycles. The van der Waals surface area contributed by atoms with Crippen LogP contribution in [-0.4, -0.2) is 40.3 Å². The minimum absolute atomic E-state index is 0.0412. The van der Waals surface area contributed by atoms with Gasteiger partial charge in [-0.25, -0.2) is 4.98 Å². The van der Waals surface area contributed by atoms with E-state index in [2.05, 4.69) is 14.9 Å². The van der Waals surface area contributed by atoms with Crippen molar-refractivity contribution in [3.63, 3.8) is 0 Å². The number of thioether (sulfide) groups is 1. The molecule has 0 radical (unpaired) electrons. The lowest BCUT2D eigenvalue weighted by atomic mass is 10.3. The standard InChI is InChI=1S/C12H19N3OS/c1-2-10-9-11(16)14-12(13-10)17-8-7-15-5-3-4-6-15/h9H,2-8H2,1H3,(H,13,14,16). The van der Waals surface area contributed by atoms with Crippen LogP contribution < -0.4 is 5.56 Å². The Labute approximate surface area is 106 Å². The summed E-state index contributed by atoms with van der Waals surface area (Å²) in [7, 11) is 0. The highest BCUT2D eigenvalue weighted by Crippen LogP contribution is 2.14. The molecule has 4 nitrogen and oxygen atoms in total. The third-order valence-corrected chi connectivity index (χ3v) is 3.83. The van der Waals surface area contributed by atoms with E-state index in [9.17, 15) is 4.79 Å². The van der Waals surface area contributed by atoms with Gasteiger partial charge in [0.25, 0.3) is 5.56 Å². The Bertz CT molecular complexity index is 412. The zero-order chi connectivity index (χ0) is 12.1. The summed E-state index contributed by atoms with van der Waals surface area (Å²) in [5.41, 5.74) is 0.831. The van der Waals surface area contributed by atoms with Gasteiger partial charge in [0.15, 0.2) is 5.16 Å². The van der Waals surface area contributed by atoms with Crippen LogP contribution in [0.1, 0.15) is 25.5 Å². The number of hydrogen-bond acceptors (Lipinski definition) is 4. The molecule has 1 aromatic rings. The lowest BCUT2D eigenvalue weighted by Crippen LogP contribution is -2.22. The number of nitrogens with one attached hydrogen (secondary N) is 1. The molecule has 94 valence electrons. The third kappa shape index (κ3) is 3.85. The number of aromatic amines is 1. The molecule has 1 aliphatic rings. The van der Waals surface area contributed by atoms with Gasteiger partial charge in [0.1, 0.15) is 0 Å². The van der Waals surface area contributed by atoms with Gasteiger partial charge in [0, 0.05) is 24.1 Å². The highest BCUT2D eigenvalue weighted by atomic mass is 32.2. The number of aromatic nitrogens is 2. The van der Waals surface area contributed by atoms with E-state index in [-0.39, 0.29) is 5.56 Å². The lowest BCUT2D eigenvalue weighted by Gasteiger charge is -2.13. The number of nitrogens with zero attached hydrogens (tertiary/aromatic N) is 2. The molecule has 1 N–H and O–H groups in total. The second-order valence-corrected chi connectivity index (χ2v) is 5.38. The minimum atomic E-state index is -0.0412. The Kier molecular flexibility index (Phi) is 4.62. The summed E-state index contributed by atoms with van der Waals surface area (Å²) >= 11 is 1.64. The number of rotatable bonds is 5. The predicted molar refractivity (Wildman–Crippen MR) is 70.6 cm³/mol. The summed E-state index contributed by atoms with van der Waals surface area (Å²) < 4.78 is 0. The largest absolute Gasteiger partial charge is 0.303 e. The van der Waals surface area contributed by atoms with Crippen molar-refractivity contribution in [3.05, 3.63) is 22.1 Å². The zero-order valence-corrected chi connectivity index (χ0v) is 11.1. The van der Waals surface area contributed by atoms with Crippen LogP contribution in [0.15, 0.2) is 16.0 Å². The first-order valence-corrected chi connectivity index (χ1v) is 7.22. The Hall–Kier alpha value is -0.810. The van der Waals surface area contributed by atoms with E-state index in [0.29, 0.717) is 0 Å². The van der Waals surface area contributed by atoms with Gasteiger partial charge < -0.3 is 9.88 Å². The Morgan fingerprint density at radius 2 is 2.24 bits per heavy atom. The molecule has 0 spiro atoms. The van der Waals surface area contributed by atoms with Crippen LogP contribution >= 0.6 is 11.8 Å². The van der Waals surface area contributed by atoms with Crippen molar-refractivity contribution in [1.29, 1.82) is 0 Å². The van der Waals surface area contributed by atoms with E-state index >= 15 is 0 Å². The second kappa shape index (κ2) is 6.21. The molecule has 5 heteroatoms. The van der Waals surface area contributed by atoms with Gasteiger partial charge in [0.2, 0.25) is 0 Å². The van der Waals surface area contributed by atoms with E-state index in [1.54, 1.807) is 17.8 Å². The van der Waals surface area contributed by atoms with Crippen LogP contribution in [0.2, 0.25) is 0 Å². The molecule has 1 saturated heterocycles. The van der Waals surface area contributed by atoms with E-state index in [1.807, 2.05) is 6.92 Å². The van der Waals surface area contributed by atoms with Crippen molar-refractivity contribution in [2.24, 2.45) is 0 Å². The maximum absolute atomic E-state index is 11.4. The summed E-state index contributed by atoms with van der Waals surface area (Å²) in [6.07, 6.45) is 3.46. The van der Waals surface area contributed by atoms with Gasteiger partial charge in [-0.1, -0.05) is 18.7 Å². The maximum Gasteiger partial charge on any atom is 0.251 e. The van der Waals surface area contributed by atoms with E-state index in [4.69, 9.17) is 0 Å². The molecule has 1 fully saturated rings. The predicted octanol–water partition coefficient (Wildman–Crippen LogP) is 1.52. The SMILES string of the molecule is CCc1cc(=O)[nH]c(SCCN2CCCC2)n1. The van der Waals surface area contributed by atoms with Crippen LogP contribution in [-0.2, 0) is 6.42 Å². The monoisotopic (exact) mass is 253 g/mol. The first-order chi connectivity index (χ1) is 8.28. The summed E-state index contributed by atoms with van der Waals surface area (Å²) in [4.78, 5) is 21.0. The van der Waals surface area contributed by atoms with Crippen molar-refractivity contribution in [2.45, 2.75) is 31.3 Å². The molecule has 0 atom stereocenters. The van der Waals surface area contributed by atoms with Crippen molar-refractivity contribution in [3.8, 4) is 0 Å². The molecule has 1 aliphatic heterocycles. The smallest absolute Gasteiger partial charge is 0.251 e. The molecular weight excluding hydrogens is 234 g/mol. The molecule has 0 unspecified atom stereocenters. The maximum atomic E-state index is 11.4. The molecule has 2 heterocycles. The average molecular weight is 253 g/mol. The zero-order valence-electron chi connectivity index (χ0n) is 10.2. The van der Waals surface area contributed by atoms with E-state index in [0.717, 1.165) is 29.6 Å². The highest BCUT2D eigenvalue weighted by molar-refractivity contribution is 7.99. The number of aryl methyl sites for hydroxylation is 1. The number of hydrogen-bond donors (Lipinski definition) is 1. The average Bonchev–Trinajstić information content (AvgIpc) is 2.81. The van der Waals surface area contributed by atoms with Crippen LogP contribution in [0.5, 0.6) is 0 Å². The Balaban J connectivity index is 1.85. The van der Waals surface area contributed by atoms with E-state index in [1.165, 1.54) is 25.9 Å². The summed E-state index contributed by atoms with van der Waals surface area (Å²) in [5, 5.41) is 0.758. The highest BCUT2D eigenvalue weighted by Gasteiger charge is 2.11. The van der Waals surface area contributed by atoms with Gasteiger partial charge in [-0.05, 0) is 32.4 Å². The fourth-order valence-electron chi connectivity index (χ4n) is 2.01. The molecular formula is C12H19N3OS. The molecule has 0 aliphatic carbocycles.